The van der Waals surface area contributed by atoms with Gasteiger partial charge in [0.15, 0.2) is 0 Å². The Kier molecular flexibility index (Phi) is 5.57. The lowest BCUT2D eigenvalue weighted by atomic mass is 9.92. The molecule has 90 valence electrons. The van der Waals surface area contributed by atoms with E-state index in [2.05, 4.69) is 40.4 Å². The number of hydrogen-bond donors (Lipinski definition) is 0. The van der Waals surface area contributed by atoms with E-state index >= 15 is 0 Å². The first kappa shape index (κ1) is 14.7. The first-order chi connectivity index (χ1) is 6.60. The third-order valence-corrected chi connectivity index (χ3v) is 3.86. The van der Waals surface area contributed by atoms with Crippen molar-refractivity contribution in [1.82, 2.24) is 0 Å². The SMILES string of the molecule is CC(C)(C)CC(=O)OCCC[Si](C)(C)C. The van der Waals surface area contributed by atoms with Crippen LogP contribution in [0.15, 0.2) is 0 Å². The minimum Gasteiger partial charge on any atom is -0.466 e. The normalized spacial score (nSPS) is 12.7. The lowest BCUT2D eigenvalue weighted by Gasteiger charge is -2.18. The van der Waals surface area contributed by atoms with Crippen LogP contribution in [0.2, 0.25) is 25.7 Å². The minimum absolute atomic E-state index is 0.0376. The molecule has 0 spiro atoms. The summed E-state index contributed by atoms with van der Waals surface area (Å²) >= 11 is 0. The maximum absolute atomic E-state index is 11.4. The second-order valence-electron chi connectivity index (χ2n) is 6.62. The molecule has 2 nitrogen and oxygen atoms in total. The van der Waals surface area contributed by atoms with Crippen LogP contribution in [0.3, 0.4) is 0 Å². The molecule has 0 aromatic heterocycles. The molecular weight excluding hydrogens is 204 g/mol. The van der Waals surface area contributed by atoms with E-state index in [0.717, 1.165) is 6.42 Å². The van der Waals surface area contributed by atoms with E-state index in [4.69, 9.17) is 4.74 Å². The number of ether oxygens (including phenoxy) is 1. The van der Waals surface area contributed by atoms with Crippen LogP contribution < -0.4 is 0 Å². The molecule has 0 aromatic carbocycles. The Bertz CT molecular complexity index is 199. The van der Waals surface area contributed by atoms with Crippen molar-refractivity contribution in [2.24, 2.45) is 5.41 Å². The van der Waals surface area contributed by atoms with E-state index in [1.807, 2.05) is 0 Å². The topological polar surface area (TPSA) is 26.3 Å². The van der Waals surface area contributed by atoms with Crippen molar-refractivity contribution in [3.63, 3.8) is 0 Å². The molecule has 0 N–H and O–H groups in total. The summed E-state index contributed by atoms with van der Waals surface area (Å²) in [5, 5.41) is 0. The monoisotopic (exact) mass is 230 g/mol. The number of carbonyl (C=O) groups excluding carboxylic acids is 1. The van der Waals surface area contributed by atoms with Crippen LogP contribution in [-0.2, 0) is 9.53 Å². The smallest absolute Gasteiger partial charge is 0.306 e. The molecule has 0 atom stereocenters. The molecule has 0 amide bonds. The van der Waals surface area contributed by atoms with Crippen LogP contribution in [0.5, 0.6) is 0 Å². The summed E-state index contributed by atoms with van der Waals surface area (Å²) in [6.45, 7) is 13.8. The second-order valence-corrected chi connectivity index (χ2v) is 12.2. The molecule has 0 aliphatic heterocycles. The number of hydrogen-bond acceptors (Lipinski definition) is 2. The fraction of sp³-hybridized carbons (Fsp3) is 0.917. The van der Waals surface area contributed by atoms with Crippen LogP contribution in [0.4, 0.5) is 0 Å². The average Bonchev–Trinajstić information content (AvgIpc) is 1.92. The summed E-state index contributed by atoms with van der Waals surface area (Å²) < 4.78 is 5.20. The number of esters is 1. The Morgan fingerprint density at radius 3 is 2.13 bits per heavy atom. The lowest BCUT2D eigenvalue weighted by molar-refractivity contribution is -0.145. The molecule has 15 heavy (non-hydrogen) atoms. The van der Waals surface area contributed by atoms with Crippen molar-refractivity contribution in [3.05, 3.63) is 0 Å². The summed E-state index contributed by atoms with van der Waals surface area (Å²) in [6, 6.07) is 1.23. The molecular formula is C12H26O2Si. The van der Waals surface area contributed by atoms with Gasteiger partial charge < -0.3 is 4.74 Å². The van der Waals surface area contributed by atoms with Gasteiger partial charge in [0, 0.05) is 8.07 Å². The predicted molar refractivity (Wildman–Crippen MR) is 67.8 cm³/mol. The highest BCUT2D eigenvalue weighted by Crippen LogP contribution is 2.19. The molecule has 0 fully saturated rings. The maximum atomic E-state index is 11.4. The van der Waals surface area contributed by atoms with E-state index in [1.54, 1.807) is 0 Å². The third-order valence-electron chi connectivity index (χ3n) is 2.01. The zero-order valence-electron chi connectivity index (χ0n) is 11.1. The minimum atomic E-state index is -0.967. The van der Waals surface area contributed by atoms with Gasteiger partial charge in [-0.25, -0.2) is 0 Å². The van der Waals surface area contributed by atoms with Crippen molar-refractivity contribution in [2.45, 2.75) is 59.3 Å². The van der Waals surface area contributed by atoms with Gasteiger partial charge in [0.05, 0.1) is 13.0 Å². The predicted octanol–water partition coefficient (Wildman–Crippen LogP) is 3.69. The van der Waals surface area contributed by atoms with Gasteiger partial charge in [-0.3, -0.25) is 4.79 Å². The molecule has 0 heterocycles. The van der Waals surface area contributed by atoms with Crippen molar-refractivity contribution >= 4 is 14.0 Å². The molecule has 0 aromatic rings. The molecule has 0 aliphatic carbocycles. The van der Waals surface area contributed by atoms with Crippen molar-refractivity contribution in [1.29, 1.82) is 0 Å². The Hall–Kier alpha value is -0.313. The van der Waals surface area contributed by atoms with Gasteiger partial charge in [-0.1, -0.05) is 46.5 Å². The van der Waals surface area contributed by atoms with E-state index in [0.29, 0.717) is 13.0 Å². The van der Waals surface area contributed by atoms with E-state index in [-0.39, 0.29) is 11.4 Å². The van der Waals surface area contributed by atoms with Crippen LogP contribution in [0.1, 0.15) is 33.6 Å². The lowest BCUT2D eigenvalue weighted by Crippen LogP contribution is -2.21. The molecule has 0 saturated carbocycles. The van der Waals surface area contributed by atoms with Crippen LogP contribution in [-0.4, -0.2) is 20.7 Å². The number of carbonyl (C=O) groups is 1. The van der Waals surface area contributed by atoms with Gasteiger partial charge in [-0.15, -0.1) is 0 Å². The maximum Gasteiger partial charge on any atom is 0.306 e. The summed E-state index contributed by atoms with van der Waals surface area (Å²) in [7, 11) is -0.967. The van der Waals surface area contributed by atoms with Crippen LogP contribution >= 0.6 is 0 Å². The van der Waals surface area contributed by atoms with E-state index in [1.165, 1.54) is 6.04 Å². The van der Waals surface area contributed by atoms with Gasteiger partial charge in [0.25, 0.3) is 0 Å². The van der Waals surface area contributed by atoms with Gasteiger partial charge in [0.2, 0.25) is 0 Å². The van der Waals surface area contributed by atoms with E-state index in [9.17, 15) is 4.79 Å². The first-order valence-corrected chi connectivity index (χ1v) is 9.46. The van der Waals surface area contributed by atoms with Crippen LogP contribution in [0.25, 0.3) is 0 Å². The zero-order valence-corrected chi connectivity index (χ0v) is 12.1. The second kappa shape index (κ2) is 5.68. The summed E-state index contributed by atoms with van der Waals surface area (Å²) in [6.07, 6.45) is 1.53. The first-order valence-electron chi connectivity index (χ1n) is 5.76. The highest BCUT2D eigenvalue weighted by molar-refractivity contribution is 6.76. The van der Waals surface area contributed by atoms with Gasteiger partial charge >= 0.3 is 5.97 Å². The fourth-order valence-corrected chi connectivity index (χ4v) is 2.48. The summed E-state index contributed by atoms with van der Waals surface area (Å²) in [5.41, 5.74) is 0.0376. The third kappa shape index (κ3) is 11.6. The Balaban J connectivity index is 3.57. The molecule has 0 bridgehead atoms. The largest absolute Gasteiger partial charge is 0.466 e. The molecule has 0 aliphatic rings. The van der Waals surface area contributed by atoms with Crippen LogP contribution in [0, 0.1) is 5.41 Å². The Morgan fingerprint density at radius 1 is 1.20 bits per heavy atom. The highest BCUT2D eigenvalue weighted by Gasteiger charge is 2.17. The van der Waals surface area contributed by atoms with E-state index < -0.39 is 8.07 Å². The van der Waals surface area contributed by atoms with Crippen molar-refractivity contribution in [3.8, 4) is 0 Å². The summed E-state index contributed by atoms with van der Waals surface area (Å²) in [5.74, 6) is -0.0573. The Labute approximate surface area is 95.4 Å². The van der Waals surface area contributed by atoms with Gasteiger partial charge in [-0.05, 0) is 11.8 Å². The Morgan fingerprint density at radius 2 is 1.73 bits per heavy atom. The molecule has 0 saturated heterocycles. The van der Waals surface area contributed by atoms with Gasteiger partial charge in [0.1, 0.15) is 0 Å². The molecule has 3 heteroatoms. The molecule has 0 rings (SSSR count). The fourth-order valence-electron chi connectivity index (χ4n) is 1.27. The molecule has 0 radical (unpaired) electrons. The van der Waals surface area contributed by atoms with Gasteiger partial charge in [-0.2, -0.15) is 0 Å². The molecule has 0 unspecified atom stereocenters. The van der Waals surface area contributed by atoms with Crippen molar-refractivity contribution < 1.29 is 9.53 Å². The number of rotatable bonds is 5. The average molecular weight is 230 g/mol. The highest BCUT2D eigenvalue weighted by atomic mass is 28.3. The standard InChI is InChI=1S/C12H26O2Si/c1-12(2,3)10-11(13)14-8-7-9-15(4,5)6/h7-10H2,1-6H3. The summed E-state index contributed by atoms with van der Waals surface area (Å²) in [4.78, 5) is 11.4. The quantitative estimate of drug-likeness (QED) is 0.409. The zero-order chi connectivity index (χ0) is 12.1. The van der Waals surface area contributed by atoms with Crippen molar-refractivity contribution in [2.75, 3.05) is 6.61 Å².